The molecule has 0 aliphatic carbocycles. The van der Waals surface area contributed by atoms with E-state index in [-0.39, 0.29) is 5.91 Å². The maximum absolute atomic E-state index is 13.3. The molecule has 0 aliphatic rings. The van der Waals surface area contributed by atoms with E-state index in [0.717, 1.165) is 30.9 Å². The van der Waals surface area contributed by atoms with Crippen LogP contribution in [-0.2, 0) is 11.2 Å². The number of carbonyl (C=O) groups is 2. The predicted octanol–water partition coefficient (Wildman–Crippen LogP) is 3.82. The van der Waals surface area contributed by atoms with Gasteiger partial charge in [-0.15, -0.1) is 0 Å². The van der Waals surface area contributed by atoms with Crippen LogP contribution < -0.4 is 11.1 Å². The van der Waals surface area contributed by atoms with Crippen LogP contribution in [0.2, 0.25) is 0 Å². The zero-order valence-corrected chi connectivity index (χ0v) is 17.6. The number of pyridine rings is 1. The van der Waals surface area contributed by atoms with Gasteiger partial charge in [0, 0.05) is 20.8 Å². The number of rotatable bonds is 5. The Labute approximate surface area is 181 Å². The molecule has 4 aromatic rings. The number of carbonyl (C=O) groups excluding carboxylic acids is 2. The van der Waals surface area contributed by atoms with Crippen LogP contribution >= 0.6 is 22.6 Å². The second-order valence-electron chi connectivity index (χ2n) is 6.78. The number of amides is 2. The summed E-state index contributed by atoms with van der Waals surface area (Å²) in [5.74, 6) is -0.909. The lowest BCUT2D eigenvalue weighted by Crippen LogP contribution is -2.46. The van der Waals surface area contributed by atoms with E-state index in [1.54, 1.807) is 0 Å². The van der Waals surface area contributed by atoms with Gasteiger partial charge < -0.3 is 11.1 Å². The fraction of sp³-hybridized carbons (Fsp3) is 0.0870. The highest BCUT2D eigenvalue weighted by Crippen LogP contribution is 2.26. The molecule has 0 bridgehead atoms. The first-order valence-electron chi connectivity index (χ1n) is 9.15. The van der Waals surface area contributed by atoms with Crippen molar-refractivity contribution in [3.63, 3.8) is 0 Å². The van der Waals surface area contributed by atoms with Gasteiger partial charge >= 0.3 is 0 Å². The summed E-state index contributed by atoms with van der Waals surface area (Å²) in [6, 6.07) is 21.9. The van der Waals surface area contributed by atoms with Crippen molar-refractivity contribution in [3.05, 3.63) is 87.5 Å². The predicted molar refractivity (Wildman–Crippen MR) is 123 cm³/mol. The Morgan fingerprint density at radius 1 is 0.897 bits per heavy atom. The van der Waals surface area contributed by atoms with Crippen LogP contribution in [0.15, 0.2) is 72.8 Å². The fourth-order valence-corrected chi connectivity index (χ4v) is 3.75. The first-order valence-corrected chi connectivity index (χ1v) is 10.2. The van der Waals surface area contributed by atoms with Crippen LogP contribution in [0.1, 0.15) is 15.9 Å². The van der Waals surface area contributed by atoms with Crippen molar-refractivity contribution in [3.8, 4) is 0 Å². The van der Waals surface area contributed by atoms with Crippen LogP contribution in [-0.4, -0.2) is 22.8 Å². The number of primary amides is 1. The summed E-state index contributed by atoms with van der Waals surface area (Å²) in [6.45, 7) is 0. The molecular weight excluding hydrogens is 477 g/mol. The quantitative estimate of drug-likeness (QED) is 0.326. The topological polar surface area (TPSA) is 85.1 Å². The third-order valence-electron chi connectivity index (χ3n) is 4.82. The van der Waals surface area contributed by atoms with Crippen LogP contribution in [0.4, 0.5) is 0 Å². The summed E-state index contributed by atoms with van der Waals surface area (Å²) in [4.78, 5) is 30.0. The molecule has 3 aromatic carbocycles. The molecule has 1 aromatic heterocycles. The van der Waals surface area contributed by atoms with E-state index in [9.17, 15) is 9.59 Å². The average molecular weight is 495 g/mol. The number of nitrogens with one attached hydrogen (secondary N) is 1. The van der Waals surface area contributed by atoms with Gasteiger partial charge in [0.2, 0.25) is 5.91 Å². The summed E-state index contributed by atoms with van der Waals surface area (Å²) < 4.78 is 1.10. The van der Waals surface area contributed by atoms with Crippen molar-refractivity contribution in [2.45, 2.75) is 12.5 Å². The van der Waals surface area contributed by atoms with E-state index in [1.165, 1.54) is 0 Å². The first-order chi connectivity index (χ1) is 14.0. The van der Waals surface area contributed by atoms with Crippen LogP contribution in [0.25, 0.3) is 21.8 Å². The van der Waals surface area contributed by atoms with Crippen LogP contribution in [0.5, 0.6) is 0 Å². The zero-order chi connectivity index (χ0) is 20.4. The maximum Gasteiger partial charge on any atom is 0.253 e. The molecule has 0 saturated carbocycles. The van der Waals surface area contributed by atoms with Gasteiger partial charge in [0.15, 0.2) is 0 Å². The molecule has 0 saturated heterocycles. The Hall–Kier alpha value is -3.00. The number of nitrogens with zero attached hydrogens (tertiary/aromatic N) is 1. The van der Waals surface area contributed by atoms with Gasteiger partial charge in [-0.25, -0.2) is 4.98 Å². The SMILES string of the molecule is NC(=O)[C@@H](Cc1ccc(I)cc1)NC(=O)c1c2ccccc2nc2ccccc12. The number of benzene rings is 3. The number of halogens is 1. The summed E-state index contributed by atoms with van der Waals surface area (Å²) >= 11 is 2.22. The van der Waals surface area contributed by atoms with Gasteiger partial charge in [-0.3, -0.25) is 9.59 Å². The smallest absolute Gasteiger partial charge is 0.253 e. The molecule has 0 radical (unpaired) electrons. The number of hydrogen-bond donors (Lipinski definition) is 2. The lowest BCUT2D eigenvalue weighted by molar-refractivity contribution is -0.119. The first kappa shape index (κ1) is 19.3. The third kappa shape index (κ3) is 4.07. The Bertz CT molecular complexity index is 1170. The Morgan fingerprint density at radius 3 is 2.00 bits per heavy atom. The molecule has 1 atom stereocenters. The van der Waals surface area contributed by atoms with Gasteiger partial charge in [-0.2, -0.15) is 0 Å². The molecule has 6 heteroatoms. The van der Waals surface area contributed by atoms with Gasteiger partial charge in [0.25, 0.3) is 5.91 Å². The Balaban J connectivity index is 1.73. The molecule has 1 heterocycles. The number of para-hydroxylation sites is 2. The number of aromatic nitrogens is 1. The highest BCUT2D eigenvalue weighted by Gasteiger charge is 2.22. The number of nitrogens with two attached hydrogens (primary N) is 1. The van der Waals surface area contributed by atoms with E-state index >= 15 is 0 Å². The summed E-state index contributed by atoms with van der Waals surface area (Å²) in [5.41, 5.74) is 8.48. The molecule has 3 N–H and O–H groups in total. The van der Waals surface area contributed by atoms with E-state index in [2.05, 4.69) is 32.9 Å². The average Bonchev–Trinajstić information content (AvgIpc) is 2.72. The van der Waals surface area contributed by atoms with Crippen molar-refractivity contribution < 1.29 is 9.59 Å². The molecule has 0 unspecified atom stereocenters. The largest absolute Gasteiger partial charge is 0.368 e. The second kappa shape index (κ2) is 8.16. The van der Waals surface area contributed by atoms with E-state index in [0.29, 0.717) is 12.0 Å². The van der Waals surface area contributed by atoms with E-state index in [1.807, 2.05) is 72.8 Å². The molecule has 0 aliphatic heterocycles. The maximum atomic E-state index is 13.3. The van der Waals surface area contributed by atoms with Crippen molar-refractivity contribution in [2.24, 2.45) is 5.73 Å². The zero-order valence-electron chi connectivity index (χ0n) is 15.4. The Kier molecular flexibility index (Phi) is 5.44. The highest BCUT2D eigenvalue weighted by molar-refractivity contribution is 14.1. The standard InChI is InChI=1S/C23H18IN3O2/c24-15-11-9-14(10-12-15)13-20(22(25)28)27-23(29)21-16-5-1-3-7-18(16)26-19-8-4-2-6-17(19)21/h1-12,20H,13H2,(H2,25,28)(H,27,29)/t20-/m1/s1. The Morgan fingerprint density at radius 2 is 1.45 bits per heavy atom. The second-order valence-corrected chi connectivity index (χ2v) is 8.03. The van der Waals surface area contributed by atoms with E-state index in [4.69, 9.17) is 5.73 Å². The minimum Gasteiger partial charge on any atom is -0.368 e. The molecule has 5 nitrogen and oxygen atoms in total. The molecule has 2 amide bonds. The molecule has 0 spiro atoms. The molecule has 29 heavy (non-hydrogen) atoms. The number of fused-ring (bicyclic) bond motifs is 2. The molecular formula is C23H18IN3O2. The summed E-state index contributed by atoms with van der Waals surface area (Å²) in [5, 5.41) is 4.31. The van der Waals surface area contributed by atoms with Gasteiger partial charge in [0.05, 0.1) is 16.6 Å². The molecule has 4 rings (SSSR count). The normalized spacial score (nSPS) is 12.0. The number of hydrogen-bond acceptors (Lipinski definition) is 3. The van der Waals surface area contributed by atoms with Crippen molar-refractivity contribution >= 4 is 56.2 Å². The lowest BCUT2D eigenvalue weighted by Gasteiger charge is -2.17. The third-order valence-corrected chi connectivity index (χ3v) is 5.54. The van der Waals surface area contributed by atoms with Crippen LogP contribution in [0, 0.1) is 3.57 Å². The molecule has 0 fully saturated rings. The van der Waals surface area contributed by atoms with E-state index < -0.39 is 11.9 Å². The van der Waals surface area contributed by atoms with Gasteiger partial charge in [-0.05, 0) is 52.4 Å². The van der Waals surface area contributed by atoms with Crippen molar-refractivity contribution in [1.29, 1.82) is 0 Å². The summed E-state index contributed by atoms with van der Waals surface area (Å²) in [6.07, 6.45) is 0.332. The van der Waals surface area contributed by atoms with Crippen molar-refractivity contribution in [2.75, 3.05) is 0 Å². The van der Waals surface area contributed by atoms with Gasteiger partial charge in [-0.1, -0.05) is 48.5 Å². The molecule has 144 valence electrons. The minimum absolute atomic E-state index is 0.332. The highest BCUT2D eigenvalue weighted by atomic mass is 127. The minimum atomic E-state index is -0.812. The summed E-state index contributed by atoms with van der Waals surface area (Å²) in [7, 11) is 0. The van der Waals surface area contributed by atoms with Gasteiger partial charge in [0.1, 0.15) is 6.04 Å². The van der Waals surface area contributed by atoms with Crippen molar-refractivity contribution in [1.82, 2.24) is 10.3 Å². The fourth-order valence-electron chi connectivity index (χ4n) is 3.39. The van der Waals surface area contributed by atoms with Crippen LogP contribution in [0.3, 0.4) is 0 Å². The lowest BCUT2D eigenvalue weighted by atomic mass is 10.0. The monoisotopic (exact) mass is 495 g/mol.